The number of benzene rings is 1. The number of hydrogen-bond acceptors (Lipinski definition) is 9. The van der Waals surface area contributed by atoms with E-state index in [2.05, 4.69) is 30.2 Å². The van der Waals surface area contributed by atoms with Crippen molar-refractivity contribution < 1.29 is 27.9 Å². The topological polar surface area (TPSA) is 145 Å². The minimum atomic E-state index is -2.79. The van der Waals surface area contributed by atoms with Crippen molar-refractivity contribution in [1.29, 1.82) is 0 Å². The second kappa shape index (κ2) is 8.68. The summed E-state index contributed by atoms with van der Waals surface area (Å²) < 4.78 is 35.0. The van der Waals surface area contributed by atoms with Crippen molar-refractivity contribution in [2.24, 2.45) is 7.05 Å². The summed E-state index contributed by atoms with van der Waals surface area (Å²) in [7, 11) is -1.16. The Kier molecular flexibility index (Phi) is 5.80. The van der Waals surface area contributed by atoms with Gasteiger partial charge in [-0.3, -0.25) is 4.90 Å². The molecule has 1 saturated heterocycles. The van der Waals surface area contributed by atoms with Gasteiger partial charge < -0.3 is 10.1 Å². The molecule has 3 aromatic rings. The van der Waals surface area contributed by atoms with Crippen LogP contribution in [0.25, 0.3) is 11.1 Å². The number of rotatable bonds is 7. The first-order valence-electron chi connectivity index (χ1n) is 8.93. The van der Waals surface area contributed by atoms with Crippen LogP contribution in [0.3, 0.4) is 0 Å². The number of aryl methyl sites for hydroxylation is 1. The van der Waals surface area contributed by atoms with Crippen LogP contribution in [0.4, 0.5) is 26.6 Å². The largest absolute Gasteiger partial charge is 0.694 e. The molecule has 31 heavy (non-hydrogen) atoms. The van der Waals surface area contributed by atoms with Crippen LogP contribution in [0.2, 0.25) is 0 Å². The van der Waals surface area contributed by atoms with E-state index < -0.39 is 26.3 Å². The van der Waals surface area contributed by atoms with Gasteiger partial charge in [-0.2, -0.15) is 4.80 Å². The van der Waals surface area contributed by atoms with Crippen LogP contribution in [-0.2, 0) is 20.9 Å². The third-order valence-electron chi connectivity index (χ3n) is 4.33. The second-order valence-corrected chi connectivity index (χ2v) is 7.21. The fraction of sp³-hybridized carbons (Fsp3) is 0.235. The normalized spacial score (nSPS) is 16.4. The molecule has 1 fully saturated rings. The van der Waals surface area contributed by atoms with E-state index in [9.17, 15) is 13.8 Å². The van der Waals surface area contributed by atoms with Gasteiger partial charge in [-0.1, -0.05) is 5.10 Å². The summed E-state index contributed by atoms with van der Waals surface area (Å²) >= 11 is 0. The highest BCUT2D eigenvalue weighted by Gasteiger charge is 2.35. The smallest absolute Gasteiger partial charge is 0.441 e. The van der Waals surface area contributed by atoms with Gasteiger partial charge in [-0.15, -0.1) is 14.5 Å². The summed E-state index contributed by atoms with van der Waals surface area (Å²) in [5.41, 5.74) is 1.12. The predicted octanol–water partition coefficient (Wildman–Crippen LogP) is 2.15. The monoisotopic (exact) mass is 448 g/mol. The van der Waals surface area contributed by atoms with E-state index in [1.165, 1.54) is 28.0 Å². The summed E-state index contributed by atoms with van der Waals surface area (Å²) in [6.45, 7) is -0.163. The van der Waals surface area contributed by atoms with Gasteiger partial charge in [-0.25, -0.2) is 14.2 Å². The molecule has 1 amide bonds. The van der Waals surface area contributed by atoms with Crippen molar-refractivity contribution in [2.75, 3.05) is 23.4 Å². The third kappa shape index (κ3) is 4.79. The molecular formula is C17H16FN7O5P+. The fourth-order valence-corrected chi connectivity index (χ4v) is 3.24. The average Bonchev–Trinajstić information content (AvgIpc) is 3.32. The van der Waals surface area contributed by atoms with Crippen LogP contribution in [-0.4, -0.2) is 55.4 Å². The number of nitrogens with zero attached hydrogens (tertiary/aromatic N) is 6. The molecule has 1 aliphatic heterocycles. The van der Waals surface area contributed by atoms with Gasteiger partial charge >= 0.3 is 14.3 Å². The van der Waals surface area contributed by atoms with Gasteiger partial charge in [0, 0.05) is 21.9 Å². The zero-order valence-electron chi connectivity index (χ0n) is 16.0. The summed E-state index contributed by atoms with van der Waals surface area (Å²) in [5, 5.41) is 14.4. The average molecular weight is 448 g/mol. The number of nitrogens with one attached hydrogen (secondary N) is 1. The van der Waals surface area contributed by atoms with Gasteiger partial charge in [0.05, 0.1) is 19.3 Å². The number of hydrogen-bond donors (Lipinski definition) is 2. The molecule has 0 radical (unpaired) electrons. The van der Waals surface area contributed by atoms with Crippen LogP contribution in [0, 0.1) is 5.82 Å². The van der Waals surface area contributed by atoms with E-state index in [0.29, 0.717) is 22.6 Å². The first-order chi connectivity index (χ1) is 14.9. The molecule has 2 N–H and O–H groups in total. The number of anilines is 3. The lowest BCUT2D eigenvalue weighted by Gasteiger charge is -2.14. The quantitative estimate of drug-likeness (QED) is 0.516. The van der Waals surface area contributed by atoms with Gasteiger partial charge in [-0.05, 0) is 35.5 Å². The maximum absolute atomic E-state index is 14.8. The SMILES string of the molecule is Cn1nnc(Nc2ccc(-c3ccc(N4C[C@H](CO[P+](=O)O)OC4=O)cc3F)cn2)n1. The first-order valence-corrected chi connectivity index (χ1v) is 10.1. The number of carbonyl (C=O) groups excluding carboxylic acids is 1. The highest BCUT2D eigenvalue weighted by molar-refractivity contribution is 7.32. The molecule has 1 aromatic carbocycles. The Balaban J connectivity index is 1.46. The number of ether oxygens (including phenoxy) is 1. The number of amides is 1. The molecule has 2 aromatic heterocycles. The Hall–Kier alpha value is -3.54. The molecule has 160 valence electrons. The molecule has 0 bridgehead atoms. The number of halogens is 1. The predicted molar refractivity (Wildman–Crippen MR) is 105 cm³/mol. The molecule has 4 rings (SSSR count). The molecule has 1 aliphatic rings. The molecule has 2 atom stereocenters. The molecule has 12 nitrogen and oxygen atoms in total. The lowest BCUT2D eigenvalue weighted by molar-refractivity contribution is 0.103. The number of pyridine rings is 1. The van der Waals surface area contributed by atoms with Crippen molar-refractivity contribution in [3.63, 3.8) is 0 Å². The van der Waals surface area contributed by atoms with Crippen molar-refractivity contribution in [3.05, 3.63) is 42.3 Å². The van der Waals surface area contributed by atoms with Crippen molar-refractivity contribution in [3.8, 4) is 11.1 Å². The van der Waals surface area contributed by atoms with Crippen LogP contribution >= 0.6 is 8.25 Å². The molecule has 3 heterocycles. The van der Waals surface area contributed by atoms with E-state index in [-0.39, 0.29) is 19.1 Å². The lowest BCUT2D eigenvalue weighted by Crippen LogP contribution is -2.25. The number of carbonyl (C=O) groups is 1. The molecule has 14 heteroatoms. The number of cyclic esters (lactones) is 1. The van der Waals surface area contributed by atoms with Crippen LogP contribution in [0.15, 0.2) is 36.5 Å². The Labute approximate surface area is 175 Å². The minimum absolute atomic E-state index is 0.0686. The van der Waals surface area contributed by atoms with E-state index in [4.69, 9.17) is 9.63 Å². The van der Waals surface area contributed by atoms with Gasteiger partial charge in [0.15, 0.2) is 0 Å². The molecular weight excluding hydrogens is 432 g/mol. The van der Waals surface area contributed by atoms with Gasteiger partial charge in [0.25, 0.3) is 5.95 Å². The Bertz CT molecular complexity index is 1130. The first kappa shape index (κ1) is 20.7. The fourth-order valence-electron chi connectivity index (χ4n) is 2.95. The summed E-state index contributed by atoms with van der Waals surface area (Å²) in [6.07, 6.45) is 0.0719. The Morgan fingerprint density at radius 2 is 2.23 bits per heavy atom. The van der Waals surface area contributed by atoms with E-state index >= 15 is 0 Å². The molecule has 0 aliphatic carbocycles. The number of aromatic nitrogens is 5. The highest BCUT2D eigenvalue weighted by Crippen LogP contribution is 2.30. The second-order valence-electron chi connectivity index (χ2n) is 6.47. The molecule has 1 unspecified atom stereocenters. The van der Waals surface area contributed by atoms with Crippen molar-refractivity contribution in [1.82, 2.24) is 25.2 Å². The third-order valence-corrected chi connectivity index (χ3v) is 4.70. The Morgan fingerprint density at radius 3 is 2.87 bits per heavy atom. The minimum Gasteiger partial charge on any atom is -0.441 e. The zero-order chi connectivity index (χ0) is 22.0. The van der Waals surface area contributed by atoms with Crippen molar-refractivity contribution in [2.45, 2.75) is 6.10 Å². The number of tetrazole rings is 1. The maximum Gasteiger partial charge on any atom is 0.694 e. The maximum atomic E-state index is 14.8. The van der Waals surface area contributed by atoms with Gasteiger partial charge in [0.1, 0.15) is 24.3 Å². The summed E-state index contributed by atoms with van der Waals surface area (Å²) in [6, 6.07) is 7.64. The summed E-state index contributed by atoms with van der Waals surface area (Å²) in [4.78, 5) is 27.5. The highest BCUT2D eigenvalue weighted by atomic mass is 31.1. The van der Waals surface area contributed by atoms with E-state index in [0.717, 1.165) is 0 Å². The van der Waals surface area contributed by atoms with Crippen LogP contribution in [0.5, 0.6) is 0 Å². The van der Waals surface area contributed by atoms with Gasteiger partial charge in [0.2, 0.25) is 0 Å². The van der Waals surface area contributed by atoms with E-state index in [1.807, 2.05) is 0 Å². The summed E-state index contributed by atoms with van der Waals surface area (Å²) in [5.74, 6) is 0.193. The van der Waals surface area contributed by atoms with Crippen LogP contribution in [0.1, 0.15) is 0 Å². The van der Waals surface area contributed by atoms with E-state index in [1.54, 1.807) is 25.2 Å². The zero-order valence-corrected chi connectivity index (χ0v) is 16.9. The lowest BCUT2D eigenvalue weighted by atomic mass is 10.1. The molecule has 0 spiro atoms. The Morgan fingerprint density at radius 1 is 1.39 bits per heavy atom. The van der Waals surface area contributed by atoms with Crippen molar-refractivity contribution >= 4 is 31.8 Å². The standard InChI is InChI=1S/C17H15FN7O5P/c1-24-22-16(21-23-24)20-15-5-2-10(7-19-15)13-4-3-11(6-14(13)18)25-8-12(30-17(25)26)9-29-31(27)28/h2-7,12H,8-9H2,1H3,(H-,19,20,22,27,28)/p+1/t12-/m1/s1. The molecule has 0 saturated carbocycles. The van der Waals surface area contributed by atoms with Crippen LogP contribution < -0.4 is 10.2 Å².